The molecule has 2 atom stereocenters. The second-order valence-corrected chi connectivity index (χ2v) is 8.12. The van der Waals surface area contributed by atoms with Gasteiger partial charge in [0.1, 0.15) is 0 Å². The Bertz CT molecular complexity index is 589. The average Bonchev–Trinajstić information content (AvgIpc) is 2.46. The van der Waals surface area contributed by atoms with Gasteiger partial charge in [-0.1, -0.05) is 31.4 Å². The van der Waals surface area contributed by atoms with Crippen molar-refractivity contribution < 1.29 is 8.42 Å². The van der Waals surface area contributed by atoms with Crippen molar-refractivity contribution >= 4 is 21.6 Å². The Balaban J connectivity index is 2.04. The summed E-state index contributed by atoms with van der Waals surface area (Å²) in [5.41, 5.74) is 6.21. The summed E-state index contributed by atoms with van der Waals surface area (Å²) in [6, 6.07) is 4.66. The first kappa shape index (κ1) is 16.7. The summed E-state index contributed by atoms with van der Waals surface area (Å²) in [5, 5.41) is 0.498. The van der Waals surface area contributed by atoms with Gasteiger partial charge < -0.3 is 5.73 Å². The highest BCUT2D eigenvalue weighted by molar-refractivity contribution is 7.89. The van der Waals surface area contributed by atoms with Crippen molar-refractivity contribution in [3.05, 3.63) is 28.8 Å². The Morgan fingerprint density at radius 2 is 2.14 bits per heavy atom. The van der Waals surface area contributed by atoms with Crippen LogP contribution in [-0.4, -0.2) is 15.0 Å². The fourth-order valence-electron chi connectivity index (χ4n) is 2.93. The van der Waals surface area contributed by atoms with E-state index in [0.29, 0.717) is 29.0 Å². The minimum atomic E-state index is -3.49. The summed E-state index contributed by atoms with van der Waals surface area (Å²) >= 11 is 5.97. The lowest BCUT2D eigenvalue weighted by Gasteiger charge is -2.26. The fourth-order valence-corrected chi connectivity index (χ4v) is 4.29. The zero-order chi connectivity index (χ0) is 15.5. The summed E-state index contributed by atoms with van der Waals surface area (Å²) in [5.74, 6) is 1.12. The van der Waals surface area contributed by atoms with Gasteiger partial charge in [-0.15, -0.1) is 0 Å². The minimum Gasteiger partial charge on any atom is -0.326 e. The maximum Gasteiger partial charge on any atom is 0.240 e. The van der Waals surface area contributed by atoms with Crippen molar-refractivity contribution in [2.24, 2.45) is 17.6 Å². The highest BCUT2D eigenvalue weighted by Crippen LogP contribution is 2.28. The smallest absolute Gasteiger partial charge is 0.240 e. The molecule has 1 aromatic carbocycles. The van der Waals surface area contributed by atoms with E-state index in [1.54, 1.807) is 12.1 Å². The van der Waals surface area contributed by atoms with Crippen LogP contribution in [0.2, 0.25) is 5.02 Å². The second-order valence-electron chi connectivity index (χ2n) is 5.95. The number of nitrogens with one attached hydrogen (secondary N) is 1. The van der Waals surface area contributed by atoms with Crippen LogP contribution >= 0.6 is 11.6 Å². The molecular formula is C15H23ClN2O2S. The predicted octanol–water partition coefficient (Wildman–Crippen LogP) is 2.90. The van der Waals surface area contributed by atoms with Crippen LogP contribution in [0.4, 0.5) is 0 Å². The highest BCUT2D eigenvalue weighted by atomic mass is 35.5. The van der Waals surface area contributed by atoms with E-state index >= 15 is 0 Å². The SMILES string of the molecule is CC1CCCC(CNS(=O)(=O)c2ccc(Cl)c(CN)c2)C1. The molecule has 0 aromatic heterocycles. The van der Waals surface area contributed by atoms with E-state index < -0.39 is 10.0 Å². The maximum absolute atomic E-state index is 12.3. The molecule has 2 rings (SSSR count). The van der Waals surface area contributed by atoms with Gasteiger partial charge in [-0.3, -0.25) is 0 Å². The molecule has 0 radical (unpaired) electrons. The van der Waals surface area contributed by atoms with Crippen molar-refractivity contribution in [3.8, 4) is 0 Å². The molecule has 6 heteroatoms. The standard InChI is InChI=1S/C15H23ClN2O2S/c1-11-3-2-4-12(7-11)10-18-21(19,20)14-5-6-15(16)13(8-14)9-17/h5-6,8,11-12,18H,2-4,7,9-10,17H2,1H3. The van der Waals surface area contributed by atoms with E-state index in [2.05, 4.69) is 11.6 Å². The first-order valence-electron chi connectivity index (χ1n) is 7.40. The number of hydrogen-bond donors (Lipinski definition) is 2. The van der Waals surface area contributed by atoms with Crippen LogP contribution in [0.1, 0.15) is 38.2 Å². The molecule has 0 bridgehead atoms. The summed E-state index contributed by atoms with van der Waals surface area (Å²) < 4.78 is 27.4. The number of benzene rings is 1. The molecule has 1 saturated carbocycles. The number of nitrogens with two attached hydrogens (primary N) is 1. The number of rotatable bonds is 5. The normalized spacial score (nSPS) is 23.2. The molecule has 21 heavy (non-hydrogen) atoms. The van der Waals surface area contributed by atoms with Crippen LogP contribution in [0, 0.1) is 11.8 Å². The minimum absolute atomic E-state index is 0.225. The quantitative estimate of drug-likeness (QED) is 0.872. The number of sulfonamides is 1. The van der Waals surface area contributed by atoms with Gasteiger partial charge in [-0.2, -0.15) is 0 Å². The summed E-state index contributed by atoms with van der Waals surface area (Å²) in [7, 11) is -3.49. The Kier molecular flexibility index (Phi) is 5.66. The van der Waals surface area contributed by atoms with Crippen LogP contribution in [0.3, 0.4) is 0 Å². The zero-order valence-corrected chi connectivity index (χ0v) is 13.9. The molecule has 2 unspecified atom stereocenters. The number of halogens is 1. The topological polar surface area (TPSA) is 72.2 Å². The van der Waals surface area contributed by atoms with Crippen molar-refractivity contribution in [1.29, 1.82) is 0 Å². The van der Waals surface area contributed by atoms with Gasteiger partial charge in [0, 0.05) is 18.1 Å². The molecule has 1 aliphatic rings. The van der Waals surface area contributed by atoms with Gasteiger partial charge in [0.05, 0.1) is 4.90 Å². The maximum atomic E-state index is 12.3. The van der Waals surface area contributed by atoms with Gasteiger partial charge >= 0.3 is 0 Å². The lowest BCUT2D eigenvalue weighted by atomic mass is 9.83. The lowest BCUT2D eigenvalue weighted by Crippen LogP contribution is -2.31. The Labute approximate surface area is 132 Å². The Hall–Kier alpha value is -0.620. The first-order chi connectivity index (χ1) is 9.92. The van der Waals surface area contributed by atoms with Crippen LogP contribution in [0.5, 0.6) is 0 Å². The third kappa shape index (κ3) is 4.42. The third-order valence-corrected chi connectivity index (χ3v) is 5.94. The largest absolute Gasteiger partial charge is 0.326 e. The molecule has 0 saturated heterocycles. The predicted molar refractivity (Wildman–Crippen MR) is 85.7 cm³/mol. The van der Waals surface area contributed by atoms with E-state index in [9.17, 15) is 8.42 Å². The Morgan fingerprint density at radius 3 is 2.81 bits per heavy atom. The molecule has 3 N–H and O–H groups in total. The van der Waals surface area contributed by atoms with Crippen LogP contribution in [-0.2, 0) is 16.6 Å². The second kappa shape index (κ2) is 7.09. The summed E-state index contributed by atoms with van der Waals surface area (Å²) in [4.78, 5) is 0.233. The number of hydrogen-bond acceptors (Lipinski definition) is 3. The molecule has 0 heterocycles. The van der Waals surface area contributed by atoms with E-state index in [4.69, 9.17) is 17.3 Å². The molecular weight excluding hydrogens is 308 g/mol. The van der Waals surface area contributed by atoms with Crippen molar-refractivity contribution in [2.45, 2.75) is 44.0 Å². The zero-order valence-electron chi connectivity index (χ0n) is 12.3. The molecule has 0 amide bonds. The van der Waals surface area contributed by atoms with Crippen LogP contribution < -0.4 is 10.5 Å². The van der Waals surface area contributed by atoms with Crippen molar-refractivity contribution in [1.82, 2.24) is 4.72 Å². The Morgan fingerprint density at radius 1 is 1.38 bits per heavy atom. The highest BCUT2D eigenvalue weighted by Gasteiger charge is 2.22. The monoisotopic (exact) mass is 330 g/mol. The van der Waals surface area contributed by atoms with Gasteiger partial charge in [-0.25, -0.2) is 13.1 Å². The van der Waals surface area contributed by atoms with Gasteiger partial charge in [0.2, 0.25) is 10.0 Å². The molecule has 4 nitrogen and oxygen atoms in total. The fraction of sp³-hybridized carbons (Fsp3) is 0.600. The van der Waals surface area contributed by atoms with E-state index in [1.165, 1.54) is 18.9 Å². The third-order valence-electron chi connectivity index (χ3n) is 4.15. The van der Waals surface area contributed by atoms with Crippen molar-refractivity contribution in [3.63, 3.8) is 0 Å². The molecule has 1 aliphatic carbocycles. The van der Waals surface area contributed by atoms with E-state index in [1.807, 2.05) is 0 Å². The average molecular weight is 331 g/mol. The first-order valence-corrected chi connectivity index (χ1v) is 9.26. The molecule has 0 spiro atoms. The van der Waals surface area contributed by atoms with E-state index in [0.717, 1.165) is 12.8 Å². The lowest BCUT2D eigenvalue weighted by molar-refractivity contribution is 0.283. The molecule has 1 aromatic rings. The van der Waals surface area contributed by atoms with Gasteiger partial charge in [-0.05, 0) is 48.4 Å². The molecule has 118 valence electrons. The van der Waals surface area contributed by atoms with Crippen molar-refractivity contribution in [2.75, 3.05) is 6.54 Å². The summed E-state index contributed by atoms with van der Waals surface area (Å²) in [6.07, 6.45) is 4.63. The van der Waals surface area contributed by atoms with Gasteiger partial charge in [0.15, 0.2) is 0 Å². The summed E-state index contributed by atoms with van der Waals surface area (Å²) in [6.45, 7) is 2.96. The van der Waals surface area contributed by atoms with Crippen LogP contribution in [0.25, 0.3) is 0 Å². The van der Waals surface area contributed by atoms with E-state index in [-0.39, 0.29) is 11.4 Å². The van der Waals surface area contributed by atoms with Gasteiger partial charge in [0.25, 0.3) is 0 Å². The molecule has 1 fully saturated rings. The molecule has 0 aliphatic heterocycles. The van der Waals surface area contributed by atoms with Crippen LogP contribution in [0.15, 0.2) is 23.1 Å².